The molecule has 2 N–H and O–H groups in total. The Balaban J connectivity index is 2.30. The van der Waals surface area contributed by atoms with Gasteiger partial charge in [0.2, 0.25) is 6.10 Å². The molecule has 0 aliphatic rings. The van der Waals surface area contributed by atoms with Crippen LogP contribution in [0.25, 0.3) is 0 Å². The number of carbonyl (C=O) groups excluding carboxylic acids is 2. The van der Waals surface area contributed by atoms with Crippen LogP contribution in [0.15, 0.2) is 48.5 Å². The summed E-state index contributed by atoms with van der Waals surface area (Å²) >= 11 is 0. The summed E-state index contributed by atoms with van der Waals surface area (Å²) in [6, 6.07) is 11.7. The summed E-state index contributed by atoms with van der Waals surface area (Å²) in [7, 11) is 1.34. The first kappa shape index (κ1) is 15.5. The van der Waals surface area contributed by atoms with Crippen LogP contribution in [-0.4, -0.2) is 19.0 Å². The molecule has 2 rings (SSSR count). The van der Waals surface area contributed by atoms with Crippen molar-refractivity contribution in [2.75, 3.05) is 7.11 Å². The van der Waals surface area contributed by atoms with Crippen molar-refractivity contribution < 1.29 is 23.5 Å². The molecule has 2 aromatic rings. The zero-order valence-corrected chi connectivity index (χ0v) is 11.8. The lowest BCUT2D eigenvalue weighted by molar-refractivity contribution is -0.127. The van der Waals surface area contributed by atoms with Crippen molar-refractivity contribution in [3.8, 4) is 5.75 Å². The minimum absolute atomic E-state index is 0.121. The Morgan fingerprint density at radius 2 is 1.82 bits per heavy atom. The topological polar surface area (TPSA) is 78.6 Å². The predicted octanol–water partition coefficient (Wildman–Crippen LogP) is 2.22. The number of carbonyl (C=O) groups is 2. The van der Waals surface area contributed by atoms with E-state index >= 15 is 0 Å². The van der Waals surface area contributed by atoms with Gasteiger partial charge in [-0.1, -0.05) is 30.3 Å². The fourth-order valence-electron chi connectivity index (χ4n) is 1.93. The lowest BCUT2D eigenvalue weighted by atomic mass is 10.1. The molecule has 0 bridgehead atoms. The van der Waals surface area contributed by atoms with E-state index in [1.54, 1.807) is 30.3 Å². The van der Waals surface area contributed by atoms with Crippen molar-refractivity contribution in [3.05, 3.63) is 65.5 Å². The highest BCUT2D eigenvalue weighted by molar-refractivity contribution is 5.94. The van der Waals surface area contributed by atoms with Gasteiger partial charge in [0, 0.05) is 5.56 Å². The first-order valence-corrected chi connectivity index (χ1v) is 6.41. The second-order valence-corrected chi connectivity index (χ2v) is 4.44. The summed E-state index contributed by atoms with van der Waals surface area (Å²) in [4.78, 5) is 23.7. The zero-order valence-electron chi connectivity index (χ0n) is 11.8. The lowest BCUT2D eigenvalue weighted by Gasteiger charge is -2.16. The Hall–Kier alpha value is -2.89. The minimum atomic E-state index is -1.26. The van der Waals surface area contributed by atoms with Crippen LogP contribution in [0.1, 0.15) is 22.0 Å². The Kier molecular flexibility index (Phi) is 4.73. The molecule has 0 heterocycles. The molecule has 0 fully saturated rings. The summed E-state index contributed by atoms with van der Waals surface area (Å²) in [5.74, 6) is -2.20. The number of amides is 1. The number of rotatable bonds is 5. The predicted molar refractivity (Wildman–Crippen MR) is 76.7 cm³/mol. The average Bonchev–Trinajstić information content (AvgIpc) is 2.52. The number of methoxy groups -OCH3 is 1. The fourth-order valence-corrected chi connectivity index (χ4v) is 1.93. The number of halogens is 1. The van der Waals surface area contributed by atoms with Crippen LogP contribution in [0.5, 0.6) is 5.75 Å². The number of nitrogens with two attached hydrogens (primary N) is 1. The number of benzene rings is 2. The van der Waals surface area contributed by atoms with E-state index in [9.17, 15) is 14.0 Å². The van der Waals surface area contributed by atoms with Crippen LogP contribution < -0.4 is 10.5 Å². The van der Waals surface area contributed by atoms with E-state index < -0.39 is 23.8 Å². The molecule has 2 aromatic carbocycles. The largest absolute Gasteiger partial charge is 0.496 e. The minimum Gasteiger partial charge on any atom is -0.496 e. The molecule has 1 atom stereocenters. The average molecular weight is 303 g/mol. The molecule has 0 aromatic heterocycles. The van der Waals surface area contributed by atoms with E-state index in [1.165, 1.54) is 13.2 Å². The third-order valence-corrected chi connectivity index (χ3v) is 2.97. The summed E-state index contributed by atoms with van der Waals surface area (Å²) in [5.41, 5.74) is 5.58. The summed E-state index contributed by atoms with van der Waals surface area (Å²) < 4.78 is 23.4. The number of ether oxygens (including phenoxy) is 2. The first-order chi connectivity index (χ1) is 10.5. The van der Waals surface area contributed by atoms with Crippen LogP contribution in [0.3, 0.4) is 0 Å². The van der Waals surface area contributed by atoms with E-state index in [0.29, 0.717) is 5.56 Å². The zero-order chi connectivity index (χ0) is 16.1. The summed E-state index contributed by atoms with van der Waals surface area (Å²) in [5, 5.41) is 0. The van der Waals surface area contributed by atoms with Crippen LogP contribution in [0.2, 0.25) is 0 Å². The van der Waals surface area contributed by atoms with Gasteiger partial charge < -0.3 is 15.2 Å². The molecule has 0 unspecified atom stereocenters. The van der Waals surface area contributed by atoms with Gasteiger partial charge in [-0.15, -0.1) is 0 Å². The van der Waals surface area contributed by atoms with Crippen molar-refractivity contribution in [3.63, 3.8) is 0 Å². The molecule has 0 aliphatic heterocycles. The maximum Gasteiger partial charge on any atom is 0.343 e. The fraction of sp³-hybridized carbons (Fsp3) is 0.125. The highest BCUT2D eigenvalue weighted by atomic mass is 19.1. The van der Waals surface area contributed by atoms with Gasteiger partial charge >= 0.3 is 5.97 Å². The first-order valence-electron chi connectivity index (χ1n) is 6.41. The van der Waals surface area contributed by atoms with Crippen LogP contribution >= 0.6 is 0 Å². The summed E-state index contributed by atoms with van der Waals surface area (Å²) in [6.45, 7) is 0. The van der Waals surface area contributed by atoms with Gasteiger partial charge in [-0.25, -0.2) is 9.18 Å². The molecule has 0 spiro atoms. The van der Waals surface area contributed by atoms with E-state index in [4.69, 9.17) is 15.2 Å². The number of hydrogen-bond donors (Lipinski definition) is 1. The van der Waals surface area contributed by atoms with E-state index in [1.807, 2.05) is 0 Å². The standard InChI is InChI=1S/C16H14FNO4/c1-21-13-8-7-11(17)9-12(13)16(20)22-14(15(18)19)10-5-3-2-4-6-10/h2-9,14H,1H3,(H2,18,19)/t14-/m0/s1. The van der Waals surface area contributed by atoms with Crippen molar-refractivity contribution in [2.24, 2.45) is 5.73 Å². The van der Waals surface area contributed by atoms with Gasteiger partial charge in [-0.05, 0) is 18.2 Å². The molecule has 0 saturated heterocycles. The number of primary amides is 1. The van der Waals surface area contributed by atoms with Gasteiger partial charge in [0.15, 0.2) is 0 Å². The molecular formula is C16H14FNO4. The second kappa shape index (κ2) is 6.71. The quantitative estimate of drug-likeness (QED) is 0.859. The van der Waals surface area contributed by atoms with Gasteiger partial charge in [0.25, 0.3) is 5.91 Å². The van der Waals surface area contributed by atoms with Crippen molar-refractivity contribution in [2.45, 2.75) is 6.10 Å². The van der Waals surface area contributed by atoms with Crippen molar-refractivity contribution in [1.82, 2.24) is 0 Å². The van der Waals surface area contributed by atoms with E-state index in [-0.39, 0.29) is 11.3 Å². The lowest BCUT2D eigenvalue weighted by Crippen LogP contribution is -2.26. The van der Waals surface area contributed by atoms with Crippen molar-refractivity contribution in [1.29, 1.82) is 0 Å². The van der Waals surface area contributed by atoms with Gasteiger partial charge in [0.05, 0.1) is 7.11 Å². The second-order valence-electron chi connectivity index (χ2n) is 4.44. The summed E-state index contributed by atoms with van der Waals surface area (Å²) in [6.07, 6.45) is -1.26. The molecular weight excluding hydrogens is 289 g/mol. The molecule has 0 radical (unpaired) electrons. The van der Waals surface area contributed by atoms with Crippen molar-refractivity contribution >= 4 is 11.9 Å². The molecule has 5 nitrogen and oxygen atoms in total. The number of hydrogen-bond acceptors (Lipinski definition) is 4. The Bertz CT molecular complexity index is 688. The molecule has 22 heavy (non-hydrogen) atoms. The molecule has 0 saturated carbocycles. The SMILES string of the molecule is COc1ccc(F)cc1C(=O)O[C@H](C(N)=O)c1ccccc1. The smallest absolute Gasteiger partial charge is 0.343 e. The maximum atomic E-state index is 13.3. The van der Waals surface area contributed by atoms with Crippen LogP contribution in [0, 0.1) is 5.82 Å². The van der Waals surface area contributed by atoms with Crippen LogP contribution in [0.4, 0.5) is 4.39 Å². The molecule has 1 amide bonds. The highest BCUT2D eigenvalue weighted by Gasteiger charge is 2.25. The van der Waals surface area contributed by atoms with Gasteiger partial charge in [-0.2, -0.15) is 0 Å². The third-order valence-electron chi connectivity index (χ3n) is 2.97. The Morgan fingerprint density at radius 1 is 1.14 bits per heavy atom. The molecule has 0 aliphatic carbocycles. The van der Waals surface area contributed by atoms with Crippen LogP contribution in [-0.2, 0) is 9.53 Å². The Morgan fingerprint density at radius 3 is 2.41 bits per heavy atom. The third kappa shape index (κ3) is 3.41. The maximum absolute atomic E-state index is 13.3. The monoisotopic (exact) mass is 303 g/mol. The number of esters is 1. The van der Waals surface area contributed by atoms with Gasteiger partial charge in [-0.3, -0.25) is 4.79 Å². The van der Waals surface area contributed by atoms with Gasteiger partial charge in [0.1, 0.15) is 17.1 Å². The molecule has 114 valence electrons. The normalized spacial score (nSPS) is 11.5. The van der Waals surface area contributed by atoms with E-state index in [2.05, 4.69) is 0 Å². The highest BCUT2D eigenvalue weighted by Crippen LogP contribution is 2.24. The van der Waals surface area contributed by atoms with E-state index in [0.717, 1.165) is 12.1 Å². The molecule has 6 heteroatoms. The Labute approximate surface area is 126 Å².